The second-order valence-corrected chi connectivity index (χ2v) is 5.36. The number of piperidine rings is 2. The van der Waals surface area contributed by atoms with Gasteiger partial charge in [0, 0.05) is 17.6 Å². The fourth-order valence-corrected chi connectivity index (χ4v) is 3.41. The summed E-state index contributed by atoms with van der Waals surface area (Å²) in [4.78, 5) is 2.46. The molecule has 3 heteroatoms. The Morgan fingerprint density at radius 2 is 2.06 bits per heavy atom. The Kier molecular flexibility index (Phi) is 2.33. The molecule has 2 aliphatic heterocycles. The summed E-state index contributed by atoms with van der Waals surface area (Å²) in [6.07, 6.45) is 8.78. The lowest BCUT2D eigenvalue weighted by atomic mass is 9.73. The Balaban J connectivity index is 1.89. The van der Waals surface area contributed by atoms with Gasteiger partial charge in [0.15, 0.2) is 0 Å². The molecule has 2 atom stereocenters. The zero-order valence-corrected chi connectivity index (χ0v) is 9.72. The molecule has 0 saturated carbocycles. The smallest absolute Gasteiger partial charge is 0.0963 e. The van der Waals surface area contributed by atoms with E-state index in [4.69, 9.17) is 4.42 Å². The molecule has 0 aromatic carbocycles. The maximum atomic E-state index is 10.8. The Morgan fingerprint density at radius 1 is 1.38 bits per heavy atom. The number of aliphatic hydroxyl groups is 1. The zero-order chi connectivity index (χ0) is 11.2. The molecule has 2 unspecified atom stereocenters. The highest BCUT2D eigenvalue weighted by molar-refractivity contribution is 5.19. The number of nitrogens with zero attached hydrogens (tertiary/aromatic N) is 1. The minimum Gasteiger partial charge on any atom is -0.472 e. The first-order valence-electron chi connectivity index (χ1n) is 6.16. The van der Waals surface area contributed by atoms with Gasteiger partial charge in [-0.3, -0.25) is 0 Å². The molecular formula is C13H19NO2. The van der Waals surface area contributed by atoms with E-state index in [1.807, 2.05) is 6.07 Å². The van der Waals surface area contributed by atoms with Crippen LogP contribution in [-0.2, 0) is 5.60 Å². The van der Waals surface area contributed by atoms with Gasteiger partial charge < -0.3 is 14.4 Å². The average Bonchev–Trinajstić information content (AvgIpc) is 2.74. The first-order chi connectivity index (χ1) is 7.69. The van der Waals surface area contributed by atoms with Crippen LogP contribution in [0, 0.1) is 0 Å². The minimum atomic E-state index is -0.657. The van der Waals surface area contributed by atoms with Gasteiger partial charge in [-0.25, -0.2) is 0 Å². The topological polar surface area (TPSA) is 36.6 Å². The molecule has 2 aliphatic rings. The molecule has 0 radical (unpaired) electrons. The quantitative estimate of drug-likeness (QED) is 0.789. The average molecular weight is 221 g/mol. The minimum absolute atomic E-state index is 0.535. The molecule has 88 valence electrons. The van der Waals surface area contributed by atoms with E-state index < -0.39 is 5.60 Å². The third-order valence-electron chi connectivity index (χ3n) is 4.43. The monoisotopic (exact) mass is 221 g/mol. The molecule has 1 N–H and O–H groups in total. The van der Waals surface area contributed by atoms with E-state index in [1.165, 1.54) is 19.3 Å². The summed E-state index contributed by atoms with van der Waals surface area (Å²) < 4.78 is 5.11. The van der Waals surface area contributed by atoms with Gasteiger partial charge in [0.2, 0.25) is 0 Å². The van der Waals surface area contributed by atoms with Gasteiger partial charge in [-0.2, -0.15) is 0 Å². The SMILES string of the molecule is CN1C2CCCC1CC(O)(c1ccoc1)C2. The molecular weight excluding hydrogens is 202 g/mol. The van der Waals surface area contributed by atoms with Crippen LogP contribution < -0.4 is 0 Å². The van der Waals surface area contributed by atoms with E-state index in [-0.39, 0.29) is 0 Å². The van der Waals surface area contributed by atoms with Gasteiger partial charge in [0.1, 0.15) is 0 Å². The van der Waals surface area contributed by atoms with Crippen LogP contribution in [0.3, 0.4) is 0 Å². The second kappa shape index (κ2) is 3.60. The van der Waals surface area contributed by atoms with Crippen LogP contribution in [0.1, 0.15) is 37.7 Å². The fourth-order valence-electron chi connectivity index (χ4n) is 3.41. The van der Waals surface area contributed by atoms with E-state index >= 15 is 0 Å². The summed E-state index contributed by atoms with van der Waals surface area (Å²) in [5.74, 6) is 0. The summed E-state index contributed by atoms with van der Waals surface area (Å²) in [6, 6.07) is 2.97. The standard InChI is InChI=1S/C13H19NO2/c1-14-11-3-2-4-12(14)8-13(15,7-11)10-5-6-16-9-10/h5-6,9,11-12,15H,2-4,7-8H2,1H3. The van der Waals surface area contributed by atoms with Gasteiger partial charge in [0.05, 0.1) is 18.1 Å². The van der Waals surface area contributed by atoms with E-state index in [9.17, 15) is 5.11 Å². The lowest BCUT2D eigenvalue weighted by Crippen LogP contribution is -2.55. The highest BCUT2D eigenvalue weighted by atomic mass is 16.3. The van der Waals surface area contributed by atoms with Gasteiger partial charge in [-0.15, -0.1) is 0 Å². The van der Waals surface area contributed by atoms with Crippen molar-refractivity contribution >= 4 is 0 Å². The number of furan rings is 1. The third-order valence-corrected chi connectivity index (χ3v) is 4.43. The van der Waals surface area contributed by atoms with E-state index in [0.29, 0.717) is 12.1 Å². The molecule has 3 nitrogen and oxygen atoms in total. The van der Waals surface area contributed by atoms with Gasteiger partial charge in [0.25, 0.3) is 0 Å². The normalized spacial score (nSPS) is 39.9. The number of rotatable bonds is 1. The predicted molar refractivity (Wildman–Crippen MR) is 61.0 cm³/mol. The molecule has 1 aromatic rings. The largest absolute Gasteiger partial charge is 0.472 e. The molecule has 3 heterocycles. The highest BCUT2D eigenvalue weighted by Crippen LogP contribution is 2.43. The van der Waals surface area contributed by atoms with Gasteiger partial charge >= 0.3 is 0 Å². The summed E-state index contributed by atoms with van der Waals surface area (Å²) in [6.45, 7) is 0. The molecule has 0 aliphatic carbocycles. The lowest BCUT2D eigenvalue weighted by molar-refractivity contribution is -0.0877. The van der Waals surface area contributed by atoms with Crippen molar-refractivity contribution in [1.82, 2.24) is 4.90 Å². The van der Waals surface area contributed by atoms with Crippen molar-refractivity contribution in [2.75, 3.05) is 7.05 Å². The first-order valence-corrected chi connectivity index (χ1v) is 6.16. The van der Waals surface area contributed by atoms with Crippen molar-refractivity contribution in [3.8, 4) is 0 Å². The predicted octanol–water partition coefficient (Wildman–Crippen LogP) is 2.11. The van der Waals surface area contributed by atoms with Gasteiger partial charge in [-0.05, 0) is 38.8 Å². The summed E-state index contributed by atoms with van der Waals surface area (Å²) in [5, 5.41) is 10.8. The highest BCUT2D eigenvalue weighted by Gasteiger charge is 2.45. The lowest BCUT2D eigenvalue weighted by Gasteiger charge is -2.50. The van der Waals surface area contributed by atoms with Crippen molar-refractivity contribution in [1.29, 1.82) is 0 Å². The first kappa shape index (κ1) is 10.4. The van der Waals surface area contributed by atoms with Crippen molar-refractivity contribution in [3.05, 3.63) is 24.2 Å². The van der Waals surface area contributed by atoms with Crippen LogP contribution in [0.15, 0.2) is 23.0 Å². The summed E-state index contributed by atoms with van der Waals surface area (Å²) in [7, 11) is 2.20. The number of hydrogen-bond acceptors (Lipinski definition) is 3. The zero-order valence-electron chi connectivity index (χ0n) is 9.72. The molecule has 2 bridgehead atoms. The van der Waals surface area contributed by atoms with Crippen LogP contribution in [0.5, 0.6) is 0 Å². The molecule has 3 rings (SSSR count). The van der Waals surface area contributed by atoms with Crippen molar-refractivity contribution < 1.29 is 9.52 Å². The Bertz CT molecular complexity index is 346. The molecule has 0 amide bonds. The van der Waals surface area contributed by atoms with Crippen molar-refractivity contribution in [2.45, 2.75) is 49.8 Å². The van der Waals surface area contributed by atoms with E-state index in [1.54, 1.807) is 12.5 Å². The molecule has 2 fully saturated rings. The van der Waals surface area contributed by atoms with Crippen LogP contribution in [0.4, 0.5) is 0 Å². The molecule has 2 saturated heterocycles. The summed E-state index contributed by atoms with van der Waals surface area (Å²) >= 11 is 0. The van der Waals surface area contributed by atoms with E-state index in [2.05, 4.69) is 11.9 Å². The number of hydrogen-bond donors (Lipinski definition) is 1. The molecule has 0 spiro atoms. The van der Waals surface area contributed by atoms with Crippen molar-refractivity contribution in [3.63, 3.8) is 0 Å². The molecule has 1 aromatic heterocycles. The Hall–Kier alpha value is -0.800. The van der Waals surface area contributed by atoms with Crippen LogP contribution in [0.25, 0.3) is 0 Å². The summed E-state index contributed by atoms with van der Waals surface area (Å²) in [5.41, 5.74) is 0.299. The van der Waals surface area contributed by atoms with Crippen LogP contribution in [-0.4, -0.2) is 29.1 Å². The third kappa shape index (κ3) is 1.50. The fraction of sp³-hybridized carbons (Fsp3) is 0.692. The van der Waals surface area contributed by atoms with Crippen LogP contribution in [0.2, 0.25) is 0 Å². The van der Waals surface area contributed by atoms with Crippen molar-refractivity contribution in [2.24, 2.45) is 0 Å². The van der Waals surface area contributed by atoms with Gasteiger partial charge in [-0.1, -0.05) is 6.42 Å². The Morgan fingerprint density at radius 3 is 2.62 bits per heavy atom. The number of fused-ring (bicyclic) bond motifs is 2. The Labute approximate surface area is 96.1 Å². The van der Waals surface area contributed by atoms with Crippen LogP contribution >= 0.6 is 0 Å². The second-order valence-electron chi connectivity index (χ2n) is 5.36. The maximum absolute atomic E-state index is 10.8. The van der Waals surface area contributed by atoms with E-state index in [0.717, 1.165) is 18.4 Å². The maximum Gasteiger partial charge on any atom is 0.0963 e. The molecule has 16 heavy (non-hydrogen) atoms.